The van der Waals surface area contributed by atoms with Gasteiger partial charge in [0.2, 0.25) is 0 Å². The molecule has 4 aliphatic rings. The van der Waals surface area contributed by atoms with Gasteiger partial charge in [-0.2, -0.15) is 0 Å². The smallest absolute Gasteiger partial charge is 0.0610 e. The Hall–Kier alpha value is -0.340. The summed E-state index contributed by atoms with van der Waals surface area (Å²) in [5, 5.41) is 10.3. The summed E-state index contributed by atoms with van der Waals surface area (Å²) in [6.45, 7) is 12.4. The van der Waals surface area contributed by atoms with Gasteiger partial charge in [0.05, 0.1) is 12.2 Å². The second-order valence-corrected chi connectivity index (χ2v) is 12.5. The van der Waals surface area contributed by atoms with Crippen LogP contribution in [0.2, 0.25) is 0 Å². The second kappa shape index (κ2) is 8.54. The normalized spacial score (nSPS) is 46.7. The lowest BCUT2D eigenvalue weighted by molar-refractivity contribution is -0.0642. The van der Waals surface area contributed by atoms with Crippen molar-refractivity contribution in [3.05, 3.63) is 11.6 Å². The summed E-state index contributed by atoms with van der Waals surface area (Å²) in [5.74, 6) is 4.73. The number of hydrogen-bond acceptors (Lipinski definition) is 2. The zero-order valence-corrected chi connectivity index (χ0v) is 20.6. The summed E-state index contributed by atoms with van der Waals surface area (Å²) in [7, 11) is 1.97. The molecule has 2 nitrogen and oxygen atoms in total. The molecular weight excluding hydrogens is 368 g/mol. The molecular formula is C28H48O2. The van der Waals surface area contributed by atoms with E-state index in [1.807, 2.05) is 7.11 Å². The number of aliphatic hydroxyl groups excluding tert-OH is 1. The molecule has 1 N–H and O–H groups in total. The minimum atomic E-state index is -0.102. The van der Waals surface area contributed by atoms with Crippen molar-refractivity contribution in [3.8, 4) is 0 Å². The second-order valence-electron chi connectivity index (χ2n) is 12.5. The Morgan fingerprint density at radius 1 is 1.10 bits per heavy atom. The lowest BCUT2D eigenvalue weighted by atomic mass is 9.47. The summed E-state index contributed by atoms with van der Waals surface area (Å²) < 4.78 is 6.21. The van der Waals surface area contributed by atoms with Crippen molar-refractivity contribution in [3.63, 3.8) is 0 Å². The highest BCUT2D eigenvalue weighted by Crippen LogP contribution is 2.67. The van der Waals surface area contributed by atoms with E-state index in [4.69, 9.17) is 4.74 Å². The van der Waals surface area contributed by atoms with Crippen molar-refractivity contribution in [2.75, 3.05) is 7.11 Å². The van der Waals surface area contributed by atoms with Crippen molar-refractivity contribution < 1.29 is 9.84 Å². The summed E-state index contributed by atoms with van der Waals surface area (Å²) in [5.41, 5.74) is 2.37. The van der Waals surface area contributed by atoms with Gasteiger partial charge in [0, 0.05) is 7.11 Å². The zero-order valence-electron chi connectivity index (χ0n) is 20.6. The van der Waals surface area contributed by atoms with Crippen LogP contribution in [-0.4, -0.2) is 24.4 Å². The van der Waals surface area contributed by atoms with Crippen LogP contribution in [0.4, 0.5) is 0 Å². The Morgan fingerprint density at radius 2 is 1.87 bits per heavy atom. The monoisotopic (exact) mass is 416 g/mol. The molecule has 0 radical (unpaired) electrons. The molecule has 0 aromatic heterocycles. The first kappa shape index (κ1) is 22.8. The standard InChI is InChI=1S/C28H48O2/c1-18(2)8-7-9-19(3)26-25(30-6)17-24-22-11-10-20-16-21(29)12-14-27(20,4)23(22)13-15-28(24,26)5/h10,18-19,21-26,29H,7-9,11-17H2,1-6H3/t19-,21+,22-,23+,24+,25?,26+,27+,28+/m1/s1. The van der Waals surface area contributed by atoms with Crippen molar-refractivity contribution in [1.82, 2.24) is 0 Å². The largest absolute Gasteiger partial charge is 0.393 e. The van der Waals surface area contributed by atoms with E-state index in [0.29, 0.717) is 22.9 Å². The molecule has 0 heterocycles. The van der Waals surface area contributed by atoms with Crippen molar-refractivity contribution in [2.24, 2.45) is 46.3 Å². The molecule has 0 aliphatic heterocycles. The Balaban J connectivity index is 1.56. The molecule has 9 atom stereocenters. The van der Waals surface area contributed by atoms with Gasteiger partial charge in [-0.25, -0.2) is 0 Å². The van der Waals surface area contributed by atoms with E-state index in [1.165, 1.54) is 51.4 Å². The zero-order chi connectivity index (χ0) is 21.7. The molecule has 0 bridgehead atoms. The highest BCUT2D eigenvalue weighted by molar-refractivity contribution is 5.25. The Kier molecular flexibility index (Phi) is 6.50. The third kappa shape index (κ3) is 3.72. The minimum absolute atomic E-state index is 0.102. The van der Waals surface area contributed by atoms with Crippen LogP contribution in [0.15, 0.2) is 11.6 Å². The summed E-state index contributed by atoms with van der Waals surface area (Å²) in [6.07, 6.45) is 15.4. The van der Waals surface area contributed by atoms with E-state index in [0.717, 1.165) is 42.4 Å². The van der Waals surface area contributed by atoms with Crippen LogP contribution in [0.3, 0.4) is 0 Å². The lowest BCUT2D eigenvalue weighted by Gasteiger charge is -2.58. The highest BCUT2D eigenvalue weighted by Gasteiger charge is 2.61. The topological polar surface area (TPSA) is 29.5 Å². The van der Waals surface area contributed by atoms with E-state index < -0.39 is 0 Å². The summed E-state index contributed by atoms with van der Waals surface area (Å²) >= 11 is 0. The number of fused-ring (bicyclic) bond motifs is 5. The van der Waals surface area contributed by atoms with Gasteiger partial charge in [0.1, 0.15) is 0 Å². The lowest BCUT2D eigenvalue weighted by Crippen LogP contribution is -2.51. The predicted octanol–water partition coefficient (Wildman–Crippen LogP) is 7.01. The SMILES string of the molecule is COC1C[C@H]2[C@@H]3CC=C4C[C@@H](O)CC[C@]4(C)[C@H]3CC[C@]2(C)[C@H]1[C@H](C)CCCC(C)C. The van der Waals surface area contributed by atoms with Gasteiger partial charge in [-0.15, -0.1) is 0 Å². The molecule has 0 aromatic carbocycles. The van der Waals surface area contributed by atoms with Crippen molar-refractivity contribution in [2.45, 2.75) is 111 Å². The fraction of sp³-hybridized carbons (Fsp3) is 0.929. The molecule has 2 heteroatoms. The molecule has 0 amide bonds. The third-order valence-electron chi connectivity index (χ3n) is 10.5. The number of allylic oxidation sites excluding steroid dienone is 1. The molecule has 172 valence electrons. The van der Waals surface area contributed by atoms with Crippen LogP contribution in [0.25, 0.3) is 0 Å². The Morgan fingerprint density at radius 3 is 2.57 bits per heavy atom. The molecule has 0 saturated heterocycles. The van der Waals surface area contributed by atoms with Crippen molar-refractivity contribution >= 4 is 0 Å². The van der Waals surface area contributed by atoms with E-state index in [1.54, 1.807) is 5.57 Å². The first-order valence-corrected chi connectivity index (χ1v) is 13.1. The molecule has 0 aromatic rings. The van der Waals surface area contributed by atoms with E-state index in [2.05, 4.69) is 40.7 Å². The van der Waals surface area contributed by atoms with Crippen LogP contribution in [0.1, 0.15) is 98.8 Å². The molecule has 4 aliphatic carbocycles. The van der Waals surface area contributed by atoms with Gasteiger partial charge < -0.3 is 9.84 Å². The van der Waals surface area contributed by atoms with Gasteiger partial charge in [0.25, 0.3) is 0 Å². The van der Waals surface area contributed by atoms with Crippen LogP contribution < -0.4 is 0 Å². The van der Waals surface area contributed by atoms with E-state index in [9.17, 15) is 5.11 Å². The fourth-order valence-corrected chi connectivity index (χ4v) is 8.96. The predicted molar refractivity (Wildman–Crippen MR) is 125 cm³/mol. The van der Waals surface area contributed by atoms with Gasteiger partial charge in [0.15, 0.2) is 0 Å². The number of ether oxygens (including phenoxy) is 1. The average molecular weight is 417 g/mol. The molecule has 30 heavy (non-hydrogen) atoms. The maximum absolute atomic E-state index is 10.3. The van der Waals surface area contributed by atoms with Crippen LogP contribution in [0.5, 0.6) is 0 Å². The number of aliphatic hydroxyl groups is 1. The summed E-state index contributed by atoms with van der Waals surface area (Å²) in [6, 6.07) is 0. The molecule has 0 spiro atoms. The first-order chi connectivity index (χ1) is 14.2. The van der Waals surface area contributed by atoms with Crippen LogP contribution in [0, 0.1) is 46.3 Å². The average Bonchev–Trinajstić information content (AvgIpc) is 3.00. The number of methoxy groups -OCH3 is 1. The van der Waals surface area contributed by atoms with Crippen LogP contribution >= 0.6 is 0 Å². The van der Waals surface area contributed by atoms with Crippen molar-refractivity contribution in [1.29, 1.82) is 0 Å². The molecule has 3 saturated carbocycles. The highest BCUT2D eigenvalue weighted by atomic mass is 16.5. The minimum Gasteiger partial charge on any atom is -0.393 e. The molecule has 4 rings (SSSR count). The molecule has 3 fully saturated rings. The Bertz CT molecular complexity index is 639. The fourth-order valence-electron chi connectivity index (χ4n) is 8.96. The van der Waals surface area contributed by atoms with Crippen LogP contribution in [-0.2, 0) is 4.74 Å². The maximum Gasteiger partial charge on any atom is 0.0610 e. The van der Waals surface area contributed by atoms with Gasteiger partial charge in [-0.3, -0.25) is 0 Å². The number of rotatable bonds is 6. The third-order valence-corrected chi connectivity index (χ3v) is 10.5. The quantitative estimate of drug-likeness (QED) is 0.472. The van der Waals surface area contributed by atoms with E-state index >= 15 is 0 Å². The van der Waals surface area contributed by atoms with Gasteiger partial charge in [-0.1, -0.05) is 65.5 Å². The maximum atomic E-state index is 10.3. The summed E-state index contributed by atoms with van der Waals surface area (Å²) in [4.78, 5) is 0. The Labute approximate surface area is 186 Å². The van der Waals surface area contributed by atoms with E-state index in [-0.39, 0.29) is 6.10 Å². The number of hydrogen-bond donors (Lipinski definition) is 1. The molecule has 1 unspecified atom stereocenters. The van der Waals surface area contributed by atoms with Gasteiger partial charge in [-0.05, 0) is 91.3 Å². The first-order valence-electron chi connectivity index (χ1n) is 13.1. The van der Waals surface area contributed by atoms with Gasteiger partial charge >= 0.3 is 0 Å².